The number of aromatic amines is 2. The van der Waals surface area contributed by atoms with Crippen molar-refractivity contribution in [2.24, 2.45) is 0 Å². The van der Waals surface area contributed by atoms with E-state index in [-0.39, 0.29) is 17.5 Å². The molecule has 5 aromatic rings. The van der Waals surface area contributed by atoms with Gasteiger partial charge in [0.2, 0.25) is 11.6 Å². The quantitative estimate of drug-likeness (QED) is 0.259. The maximum absolute atomic E-state index is 13.1. The minimum Gasteiger partial charge on any atom is -0.497 e. The Bertz CT molecular complexity index is 1490. The van der Waals surface area contributed by atoms with Crippen LogP contribution in [0.1, 0.15) is 60.5 Å². The topological polar surface area (TPSA) is 75.0 Å². The van der Waals surface area contributed by atoms with Gasteiger partial charge in [0.1, 0.15) is 5.75 Å². The molecule has 0 radical (unpaired) electrons. The monoisotopic (exact) mass is 474 g/mol. The van der Waals surface area contributed by atoms with Crippen molar-refractivity contribution in [1.29, 1.82) is 0 Å². The van der Waals surface area contributed by atoms with E-state index in [1.54, 1.807) is 31.4 Å². The number of hydrogen-bond donors (Lipinski definition) is 2. The average molecular weight is 475 g/mol. The van der Waals surface area contributed by atoms with Crippen molar-refractivity contribution in [2.75, 3.05) is 7.11 Å². The third-order valence-corrected chi connectivity index (χ3v) is 6.33. The highest BCUT2D eigenvalue weighted by molar-refractivity contribution is 6.08. The molecule has 2 aromatic heterocycles. The molecule has 5 nitrogen and oxygen atoms in total. The zero-order chi connectivity index (χ0) is 25.1. The van der Waals surface area contributed by atoms with Crippen LogP contribution in [0.4, 0.5) is 0 Å². The molecule has 1 unspecified atom stereocenters. The fourth-order valence-corrected chi connectivity index (χ4v) is 4.35. The molecule has 178 valence electrons. The number of benzene rings is 3. The van der Waals surface area contributed by atoms with Gasteiger partial charge in [-0.3, -0.25) is 9.59 Å². The number of aromatic nitrogens is 2. The SMILES string of the molecule is COc1ccc(C(=O)c2ccc(C(c3ccc(C)cc3)c3ccc(C(=O)c4ccccc4)[nH]3)[nH]2)cc1. The van der Waals surface area contributed by atoms with Crippen molar-refractivity contribution in [2.45, 2.75) is 12.8 Å². The van der Waals surface area contributed by atoms with Gasteiger partial charge in [-0.1, -0.05) is 60.2 Å². The van der Waals surface area contributed by atoms with E-state index in [1.807, 2.05) is 61.5 Å². The summed E-state index contributed by atoms with van der Waals surface area (Å²) in [7, 11) is 1.60. The number of carbonyl (C=O) groups excluding carboxylic acids is 2. The molecule has 3 aromatic carbocycles. The maximum Gasteiger partial charge on any atom is 0.209 e. The van der Waals surface area contributed by atoms with Crippen LogP contribution in [0.3, 0.4) is 0 Å². The lowest BCUT2D eigenvalue weighted by atomic mass is 9.92. The number of carbonyl (C=O) groups is 2. The summed E-state index contributed by atoms with van der Waals surface area (Å²) in [4.78, 5) is 32.8. The summed E-state index contributed by atoms with van der Waals surface area (Å²) >= 11 is 0. The second kappa shape index (κ2) is 9.92. The molecule has 5 heteroatoms. The molecule has 2 heterocycles. The molecule has 0 amide bonds. The van der Waals surface area contributed by atoms with Crippen LogP contribution < -0.4 is 4.74 Å². The molecule has 0 spiro atoms. The molecule has 36 heavy (non-hydrogen) atoms. The Hall–Kier alpha value is -4.64. The number of methoxy groups -OCH3 is 1. The number of nitrogens with one attached hydrogen (secondary N) is 2. The van der Waals surface area contributed by atoms with Gasteiger partial charge in [-0.15, -0.1) is 0 Å². The van der Waals surface area contributed by atoms with E-state index in [0.717, 1.165) is 22.5 Å². The molecule has 2 N–H and O–H groups in total. The van der Waals surface area contributed by atoms with E-state index in [4.69, 9.17) is 4.74 Å². The summed E-state index contributed by atoms with van der Waals surface area (Å²) in [5.74, 6) is 0.329. The first kappa shape index (κ1) is 23.1. The first-order chi connectivity index (χ1) is 17.5. The van der Waals surface area contributed by atoms with Gasteiger partial charge in [0, 0.05) is 22.5 Å². The molecule has 0 aliphatic heterocycles. The molecular weight excluding hydrogens is 448 g/mol. The Balaban J connectivity index is 1.50. The van der Waals surface area contributed by atoms with E-state index in [2.05, 4.69) is 34.2 Å². The van der Waals surface area contributed by atoms with Gasteiger partial charge < -0.3 is 14.7 Å². The first-order valence-electron chi connectivity index (χ1n) is 11.8. The second-order valence-electron chi connectivity index (χ2n) is 8.75. The van der Waals surface area contributed by atoms with Crippen LogP contribution in [0.25, 0.3) is 0 Å². The van der Waals surface area contributed by atoms with Crippen molar-refractivity contribution in [3.8, 4) is 5.75 Å². The summed E-state index contributed by atoms with van der Waals surface area (Å²) < 4.78 is 5.20. The molecule has 1 atom stereocenters. The molecule has 0 saturated carbocycles. The number of ketones is 2. The van der Waals surface area contributed by atoms with Gasteiger partial charge in [-0.25, -0.2) is 0 Å². The van der Waals surface area contributed by atoms with Crippen LogP contribution in [-0.2, 0) is 0 Å². The number of rotatable bonds is 8. The lowest BCUT2D eigenvalue weighted by Gasteiger charge is -2.16. The molecule has 0 aliphatic rings. The molecule has 0 aliphatic carbocycles. The number of ether oxygens (including phenoxy) is 1. The van der Waals surface area contributed by atoms with Crippen LogP contribution in [0.15, 0.2) is 103 Å². The van der Waals surface area contributed by atoms with Gasteiger partial charge in [0.15, 0.2) is 0 Å². The number of aryl methyl sites for hydroxylation is 1. The highest BCUT2D eigenvalue weighted by atomic mass is 16.5. The van der Waals surface area contributed by atoms with Crippen LogP contribution in [0.2, 0.25) is 0 Å². The van der Waals surface area contributed by atoms with Crippen LogP contribution in [-0.4, -0.2) is 28.6 Å². The minimum absolute atomic E-state index is 0.0636. The van der Waals surface area contributed by atoms with Crippen LogP contribution in [0, 0.1) is 6.92 Å². The number of hydrogen-bond acceptors (Lipinski definition) is 3. The largest absolute Gasteiger partial charge is 0.497 e. The van der Waals surface area contributed by atoms with E-state index in [0.29, 0.717) is 28.3 Å². The molecular formula is C31H26N2O3. The molecule has 0 saturated heterocycles. The predicted molar refractivity (Wildman–Crippen MR) is 140 cm³/mol. The summed E-state index contributed by atoms with van der Waals surface area (Å²) in [5.41, 5.74) is 6.16. The summed E-state index contributed by atoms with van der Waals surface area (Å²) in [6, 6.07) is 32.0. The number of H-pyrrole nitrogens is 2. The maximum atomic E-state index is 13.1. The van der Waals surface area contributed by atoms with Crippen molar-refractivity contribution in [3.63, 3.8) is 0 Å². The highest BCUT2D eigenvalue weighted by Crippen LogP contribution is 2.32. The predicted octanol–water partition coefficient (Wildman–Crippen LogP) is 6.30. The lowest BCUT2D eigenvalue weighted by Crippen LogP contribution is -2.08. The van der Waals surface area contributed by atoms with Gasteiger partial charge in [-0.2, -0.15) is 0 Å². The van der Waals surface area contributed by atoms with Crippen molar-refractivity contribution in [3.05, 3.63) is 148 Å². The summed E-state index contributed by atoms with van der Waals surface area (Å²) in [6.45, 7) is 2.05. The Labute approximate surface area is 209 Å². The Kier molecular flexibility index (Phi) is 6.37. The van der Waals surface area contributed by atoms with Gasteiger partial charge in [0.25, 0.3) is 0 Å². The average Bonchev–Trinajstić information content (AvgIpc) is 3.61. The van der Waals surface area contributed by atoms with Crippen molar-refractivity contribution in [1.82, 2.24) is 9.97 Å². The smallest absolute Gasteiger partial charge is 0.209 e. The molecule has 0 fully saturated rings. The zero-order valence-electron chi connectivity index (χ0n) is 20.1. The van der Waals surface area contributed by atoms with E-state index >= 15 is 0 Å². The lowest BCUT2D eigenvalue weighted by molar-refractivity contribution is 0.102. The van der Waals surface area contributed by atoms with Crippen LogP contribution in [0.5, 0.6) is 5.75 Å². The third kappa shape index (κ3) is 4.64. The van der Waals surface area contributed by atoms with Gasteiger partial charge in [-0.05, 0) is 61.0 Å². The molecule has 5 rings (SSSR count). The minimum atomic E-state index is -0.208. The Morgan fingerprint density at radius 2 is 1.17 bits per heavy atom. The second-order valence-corrected chi connectivity index (χ2v) is 8.75. The fourth-order valence-electron chi connectivity index (χ4n) is 4.35. The van der Waals surface area contributed by atoms with Gasteiger partial charge in [0.05, 0.1) is 24.4 Å². The normalized spacial score (nSPS) is 11.7. The van der Waals surface area contributed by atoms with Crippen LogP contribution >= 0.6 is 0 Å². The van der Waals surface area contributed by atoms with E-state index in [9.17, 15) is 9.59 Å². The van der Waals surface area contributed by atoms with E-state index < -0.39 is 0 Å². The highest BCUT2D eigenvalue weighted by Gasteiger charge is 2.23. The van der Waals surface area contributed by atoms with Crippen molar-refractivity contribution >= 4 is 11.6 Å². The van der Waals surface area contributed by atoms with Crippen molar-refractivity contribution < 1.29 is 14.3 Å². The third-order valence-electron chi connectivity index (χ3n) is 6.33. The Morgan fingerprint density at radius 3 is 1.69 bits per heavy atom. The van der Waals surface area contributed by atoms with E-state index in [1.165, 1.54) is 0 Å². The Morgan fingerprint density at radius 1 is 0.639 bits per heavy atom. The van der Waals surface area contributed by atoms with Gasteiger partial charge >= 0.3 is 0 Å². The standard InChI is InChI=1S/C31H26N2O3/c1-20-8-10-21(11-9-20)29(25-16-18-27(32-25)30(34)22-6-4-3-5-7-22)26-17-19-28(33-26)31(35)23-12-14-24(36-2)15-13-23/h3-19,29,32-33H,1-2H3. The fraction of sp³-hybridized carbons (Fsp3) is 0.0968. The molecule has 0 bridgehead atoms. The summed E-state index contributed by atoms with van der Waals surface area (Å²) in [5, 5.41) is 0. The first-order valence-corrected chi connectivity index (χ1v) is 11.8. The zero-order valence-corrected chi connectivity index (χ0v) is 20.1. The summed E-state index contributed by atoms with van der Waals surface area (Å²) in [6.07, 6.45) is 0.